The molecular formula is C21H56S. The molecule has 0 N–H and O–H groups in total. The summed E-state index contributed by atoms with van der Waals surface area (Å²) in [6.07, 6.45) is 4.62. The van der Waals surface area contributed by atoms with E-state index >= 15 is 0 Å². The standard InChI is InChI=1S/C4H10.C3H6S.6C2H6.C2H4/c2*1-3-4-2;7*1-2/h3-4H2,1-2H3;3H,1H2,2H3;6*1-2H3;1-2H2. The molecule has 0 amide bonds. The second-order valence-corrected chi connectivity index (χ2v) is 2.21. The van der Waals surface area contributed by atoms with Gasteiger partial charge in [-0.2, -0.15) is 0 Å². The van der Waals surface area contributed by atoms with Crippen molar-refractivity contribution in [2.75, 3.05) is 6.26 Å². The van der Waals surface area contributed by atoms with Gasteiger partial charge in [0.25, 0.3) is 0 Å². The molecule has 0 aliphatic rings. The van der Waals surface area contributed by atoms with Crippen molar-refractivity contribution < 1.29 is 0 Å². The Morgan fingerprint density at radius 2 is 0.682 bits per heavy atom. The van der Waals surface area contributed by atoms with Crippen LogP contribution in [0.5, 0.6) is 0 Å². The predicted molar refractivity (Wildman–Crippen MR) is 124 cm³/mol. The van der Waals surface area contributed by atoms with Crippen molar-refractivity contribution in [2.24, 2.45) is 0 Å². The van der Waals surface area contributed by atoms with Crippen LogP contribution in [0.1, 0.15) is 110 Å². The van der Waals surface area contributed by atoms with E-state index in [-0.39, 0.29) is 0 Å². The van der Waals surface area contributed by atoms with Crippen LogP contribution < -0.4 is 0 Å². The van der Waals surface area contributed by atoms with Crippen molar-refractivity contribution in [1.29, 1.82) is 0 Å². The minimum Gasteiger partial charge on any atom is -0.138 e. The molecule has 0 aromatic heterocycles. The van der Waals surface area contributed by atoms with E-state index in [1.165, 1.54) is 12.8 Å². The molecule has 0 bridgehead atoms. The lowest BCUT2D eigenvalue weighted by atomic mass is 10.4. The fourth-order valence-electron chi connectivity index (χ4n) is 0. The summed E-state index contributed by atoms with van der Waals surface area (Å²) in [6.45, 7) is 37.8. The van der Waals surface area contributed by atoms with Gasteiger partial charge in [0.15, 0.2) is 0 Å². The smallest absolute Gasteiger partial charge is 0.0142 e. The topological polar surface area (TPSA) is 0 Å². The van der Waals surface area contributed by atoms with Crippen LogP contribution in [0.4, 0.5) is 0 Å². The van der Waals surface area contributed by atoms with E-state index in [1.54, 1.807) is 17.2 Å². The van der Waals surface area contributed by atoms with Crippen molar-refractivity contribution in [3.63, 3.8) is 0 Å². The number of hydrogen-bond donors (Lipinski definition) is 0. The first-order chi connectivity index (χ1) is 10.8. The molecule has 0 heterocycles. The Hall–Kier alpha value is -0.170. The van der Waals surface area contributed by atoms with Gasteiger partial charge in [-0.25, -0.2) is 0 Å². The molecule has 0 aliphatic carbocycles. The normalized spacial score (nSPS) is 4.32. The van der Waals surface area contributed by atoms with Gasteiger partial charge in [0, 0.05) is 0 Å². The number of unbranched alkanes of at least 4 members (excludes halogenated alkanes) is 1. The molecule has 0 nitrogen and oxygen atoms in total. The summed E-state index contributed by atoms with van der Waals surface area (Å²) in [5, 5.41) is 1.79. The highest BCUT2D eigenvalue weighted by Crippen LogP contribution is 1.85. The monoisotopic (exact) mass is 340 g/mol. The fourth-order valence-corrected chi connectivity index (χ4v) is 0. The zero-order chi connectivity index (χ0) is 20.8. The minimum atomic E-state index is 1.32. The second-order valence-electron chi connectivity index (χ2n) is 1.40. The number of thioether (sulfide) groups is 1. The van der Waals surface area contributed by atoms with Crippen molar-refractivity contribution in [1.82, 2.24) is 0 Å². The molecule has 0 aromatic carbocycles. The summed E-state index contributed by atoms with van der Waals surface area (Å²) in [7, 11) is 0. The van der Waals surface area contributed by atoms with Gasteiger partial charge in [0.2, 0.25) is 0 Å². The summed E-state index contributed by atoms with van der Waals surface area (Å²) < 4.78 is 0. The van der Waals surface area contributed by atoms with Crippen LogP contribution in [-0.2, 0) is 0 Å². The molecule has 0 atom stereocenters. The first-order valence-corrected chi connectivity index (χ1v) is 10.8. The molecule has 22 heavy (non-hydrogen) atoms. The highest BCUT2D eigenvalue weighted by atomic mass is 32.2. The van der Waals surface area contributed by atoms with E-state index in [0.717, 1.165) is 0 Å². The van der Waals surface area contributed by atoms with Gasteiger partial charge in [-0.1, -0.05) is 116 Å². The molecule has 1 heteroatoms. The van der Waals surface area contributed by atoms with E-state index in [4.69, 9.17) is 0 Å². The van der Waals surface area contributed by atoms with Crippen LogP contribution in [0.2, 0.25) is 0 Å². The molecule has 146 valence electrons. The minimum absolute atomic E-state index is 1.32. The molecule has 0 aliphatic heterocycles. The largest absolute Gasteiger partial charge is 0.138 e. The molecule has 0 spiro atoms. The maximum absolute atomic E-state index is 3.44. The van der Waals surface area contributed by atoms with E-state index in [2.05, 4.69) is 33.6 Å². The van der Waals surface area contributed by atoms with Crippen molar-refractivity contribution in [3.05, 3.63) is 25.1 Å². The van der Waals surface area contributed by atoms with Crippen LogP contribution in [0.3, 0.4) is 0 Å². The van der Waals surface area contributed by atoms with Gasteiger partial charge in [-0.3, -0.25) is 0 Å². The fraction of sp³-hybridized carbons (Fsp3) is 0.810. The van der Waals surface area contributed by atoms with Crippen LogP contribution in [0, 0.1) is 0 Å². The van der Waals surface area contributed by atoms with Gasteiger partial charge in [0.1, 0.15) is 0 Å². The molecule has 0 rings (SSSR count). The SMILES string of the molecule is C=C.C=CSC.CC.CC.CC.CC.CC.CC.CCCC. The Bertz CT molecular complexity index is 41.2. The Morgan fingerprint density at radius 1 is 0.591 bits per heavy atom. The number of rotatable bonds is 2. The summed E-state index contributed by atoms with van der Waals surface area (Å²) in [6, 6.07) is 0. The van der Waals surface area contributed by atoms with Crippen LogP contribution in [0.15, 0.2) is 25.1 Å². The highest BCUT2D eigenvalue weighted by Gasteiger charge is 1.56. The van der Waals surface area contributed by atoms with Crippen LogP contribution in [-0.4, -0.2) is 6.26 Å². The van der Waals surface area contributed by atoms with Crippen molar-refractivity contribution in [2.45, 2.75) is 110 Å². The summed E-state index contributed by atoms with van der Waals surface area (Å²) in [5.74, 6) is 0. The average molecular weight is 341 g/mol. The van der Waals surface area contributed by atoms with E-state index in [9.17, 15) is 0 Å². The van der Waals surface area contributed by atoms with Crippen molar-refractivity contribution in [3.8, 4) is 0 Å². The molecule has 0 aromatic rings. The molecule has 0 unspecified atom stereocenters. The predicted octanol–water partition coefficient (Wildman–Crippen LogP) is 10.3. The summed E-state index contributed by atoms with van der Waals surface area (Å²) in [4.78, 5) is 0. The lowest BCUT2D eigenvalue weighted by molar-refractivity contribution is 0.886. The zero-order valence-corrected chi connectivity index (χ0v) is 20.3. The van der Waals surface area contributed by atoms with Gasteiger partial charge in [0.05, 0.1) is 0 Å². The third kappa shape index (κ3) is 2100. The average Bonchev–Trinajstić information content (AvgIpc) is 2.72. The van der Waals surface area contributed by atoms with Crippen molar-refractivity contribution >= 4 is 11.8 Å². The maximum Gasteiger partial charge on any atom is -0.0142 e. The van der Waals surface area contributed by atoms with Gasteiger partial charge in [-0.05, 0) is 11.7 Å². The molecular weight excluding hydrogens is 284 g/mol. The Morgan fingerprint density at radius 3 is 0.682 bits per heavy atom. The molecule has 0 saturated heterocycles. The first-order valence-electron chi connectivity index (χ1n) is 9.47. The molecule has 0 radical (unpaired) electrons. The van der Waals surface area contributed by atoms with E-state index < -0.39 is 0 Å². The first kappa shape index (κ1) is 57.5. The van der Waals surface area contributed by atoms with Gasteiger partial charge >= 0.3 is 0 Å². The maximum atomic E-state index is 3.44. The van der Waals surface area contributed by atoms with E-state index in [0.29, 0.717) is 0 Å². The Balaban J connectivity index is -0.0000000127. The number of hydrogen-bond acceptors (Lipinski definition) is 1. The zero-order valence-electron chi connectivity index (χ0n) is 19.5. The lowest BCUT2D eigenvalue weighted by Gasteiger charge is -1.68. The quantitative estimate of drug-likeness (QED) is 0.450. The van der Waals surface area contributed by atoms with Gasteiger partial charge in [-0.15, -0.1) is 24.9 Å². The van der Waals surface area contributed by atoms with Crippen LogP contribution >= 0.6 is 11.8 Å². The Labute approximate surface area is 153 Å². The third-order valence-corrected chi connectivity index (χ3v) is 1.000. The Kier molecular flexibility index (Phi) is 1460. The molecule has 0 fully saturated rings. The summed E-state index contributed by atoms with van der Waals surface area (Å²) >= 11 is 1.62. The van der Waals surface area contributed by atoms with Gasteiger partial charge < -0.3 is 0 Å². The summed E-state index contributed by atoms with van der Waals surface area (Å²) in [5.41, 5.74) is 0. The highest BCUT2D eigenvalue weighted by molar-refractivity contribution is 8.01. The van der Waals surface area contributed by atoms with Crippen LogP contribution in [0.25, 0.3) is 0 Å². The second kappa shape index (κ2) is 558. The molecule has 0 saturated carbocycles. The van der Waals surface area contributed by atoms with E-state index in [1.807, 2.05) is 89.3 Å². The third-order valence-electron chi connectivity index (χ3n) is 0.667. The lowest BCUT2D eigenvalue weighted by Crippen LogP contribution is -1.47.